The van der Waals surface area contributed by atoms with E-state index in [1.807, 2.05) is 0 Å². The van der Waals surface area contributed by atoms with Gasteiger partial charge in [0.25, 0.3) is 0 Å². The van der Waals surface area contributed by atoms with Gasteiger partial charge in [-0.25, -0.2) is 4.98 Å². The third kappa shape index (κ3) is 2.74. The maximum Gasteiger partial charge on any atom is 0.231 e. The average Bonchev–Trinajstić information content (AvgIpc) is 2.94. The Hall–Kier alpha value is -2.76. The number of nitrogens with zero attached hydrogens (tertiary/aromatic N) is 1. The predicted octanol–water partition coefficient (Wildman–Crippen LogP) is 2.41. The van der Waals surface area contributed by atoms with Gasteiger partial charge in [-0.2, -0.15) is 4.39 Å². The summed E-state index contributed by atoms with van der Waals surface area (Å²) < 4.78 is 23.3. The number of ether oxygens (including phenoxy) is 2. The zero-order valence-electron chi connectivity index (χ0n) is 10.8. The topological polar surface area (TPSA) is 65.5 Å². The molecule has 0 unspecified atom stereocenters. The van der Waals surface area contributed by atoms with Gasteiger partial charge in [0.15, 0.2) is 23.1 Å². The van der Waals surface area contributed by atoms with Crippen LogP contribution >= 0.6 is 0 Å². The van der Waals surface area contributed by atoms with E-state index >= 15 is 0 Å². The summed E-state index contributed by atoms with van der Waals surface area (Å²) in [7, 11) is 0. The molecule has 2 aromatic rings. The second-order valence-corrected chi connectivity index (χ2v) is 4.46. The van der Waals surface area contributed by atoms with Crippen LogP contribution in [0.15, 0.2) is 36.5 Å². The molecule has 0 bridgehead atoms. The zero-order valence-corrected chi connectivity index (χ0v) is 10.8. The van der Waals surface area contributed by atoms with Crippen LogP contribution in [0.3, 0.4) is 0 Å². The lowest BCUT2D eigenvalue weighted by Crippen LogP contribution is -2.09. The summed E-state index contributed by atoms with van der Waals surface area (Å²) in [5.41, 5.74) is 0.471. The van der Waals surface area contributed by atoms with Gasteiger partial charge in [-0.3, -0.25) is 9.59 Å². The first-order chi connectivity index (χ1) is 10.1. The lowest BCUT2D eigenvalue weighted by molar-refractivity contribution is 0.0893. The normalized spacial score (nSPS) is 12.2. The van der Waals surface area contributed by atoms with Gasteiger partial charge in [0.1, 0.15) is 0 Å². The van der Waals surface area contributed by atoms with Crippen LogP contribution in [0, 0.1) is 5.95 Å². The van der Waals surface area contributed by atoms with Gasteiger partial charge in [0, 0.05) is 23.4 Å². The van der Waals surface area contributed by atoms with Gasteiger partial charge in [-0.15, -0.1) is 0 Å². The number of aromatic nitrogens is 1. The van der Waals surface area contributed by atoms with Crippen molar-refractivity contribution in [2.24, 2.45) is 0 Å². The standard InChI is InChI=1S/C15H10FNO4/c16-15-6-10(3-4-17-15)12(19)7-11(18)9-1-2-13-14(5-9)21-8-20-13/h1-6H,7-8H2. The number of benzene rings is 1. The van der Waals surface area contributed by atoms with E-state index in [-0.39, 0.29) is 24.6 Å². The first-order valence-corrected chi connectivity index (χ1v) is 6.21. The summed E-state index contributed by atoms with van der Waals surface area (Å²) in [5, 5.41) is 0. The van der Waals surface area contributed by atoms with Crippen LogP contribution in [0.2, 0.25) is 0 Å². The highest BCUT2D eigenvalue weighted by atomic mass is 19.1. The minimum atomic E-state index is -0.753. The lowest BCUT2D eigenvalue weighted by Gasteiger charge is -2.03. The fraction of sp³-hybridized carbons (Fsp3) is 0.133. The Morgan fingerprint density at radius 2 is 1.76 bits per heavy atom. The summed E-state index contributed by atoms with van der Waals surface area (Å²) >= 11 is 0. The minimum Gasteiger partial charge on any atom is -0.454 e. The molecule has 21 heavy (non-hydrogen) atoms. The van der Waals surface area contributed by atoms with Crippen LogP contribution < -0.4 is 9.47 Å². The Morgan fingerprint density at radius 1 is 1.05 bits per heavy atom. The molecule has 0 amide bonds. The fourth-order valence-electron chi connectivity index (χ4n) is 2.00. The van der Waals surface area contributed by atoms with E-state index in [0.29, 0.717) is 17.1 Å². The SMILES string of the molecule is O=C(CC(=O)c1ccc2c(c1)OCO2)c1ccnc(F)c1. The highest BCUT2D eigenvalue weighted by Gasteiger charge is 2.18. The van der Waals surface area contributed by atoms with Gasteiger partial charge in [-0.05, 0) is 24.3 Å². The molecular formula is C15H10FNO4. The lowest BCUT2D eigenvalue weighted by atomic mass is 10.0. The summed E-state index contributed by atoms with van der Waals surface area (Å²) in [4.78, 5) is 27.4. The molecule has 2 heterocycles. The van der Waals surface area contributed by atoms with E-state index in [2.05, 4.69) is 4.98 Å². The fourth-order valence-corrected chi connectivity index (χ4v) is 2.00. The van der Waals surface area contributed by atoms with Crippen LogP contribution in [-0.4, -0.2) is 23.3 Å². The van der Waals surface area contributed by atoms with E-state index < -0.39 is 11.7 Å². The van der Waals surface area contributed by atoms with Crippen molar-refractivity contribution >= 4 is 11.6 Å². The van der Waals surface area contributed by atoms with Crippen LogP contribution in [-0.2, 0) is 0 Å². The second kappa shape index (κ2) is 5.32. The van der Waals surface area contributed by atoms with Crippen molar-refractivity contribution < 1.29 is 23.5 Å². The van der Waals surface area contributed by atoms with Gasteiger partial charge >= 0.3 is 0 Å². The Kier molecular flexibility index (Phi) is 3.35. The monoisotopic (exact) mass is 287 g/mol. The molecule has 0 N–H and O–H groups in total. The van der Waals surface area contributed by atoms with E-state index in [0.717, 1.165) is 6.07 Å². The summed E-state index contributed by atoms with van der Waals surface area (Å²) in [5.74, 6) is -0.539. The van der Waals surface area contributed by atoms with Crippen LogP contribution in [0.4, 0.5) is 4.39 Å². The molecule has 3 rings (SSSR count). The van der Waals surface area contributed by atoms with E-state index in [1.165, 1.54) is 18.3 Å². The van der Waals surface area contributed by atoms with Crippen molar-refractivity contribution in [1.29, 1.82) is 0 Å². The van der Waals surface area contributed by atoms with Crippen molar-refractivity contribution in [2.45, 2.75) is 6.42 Å². The zero-order chi connectivity index (χ0) is 14.8. The number of Topliss-reactive ketones (excluding diaryl/α,β-unsaturated/α-hetero) is 2. The number of fused-ring (bicyclic) bond motifs is 1. The number of halogens is 1. The smallest absolute Gasteiger partial charge is 0.231 e. The van der Waals surface area contributed by atoms with Crippen LogP contribution in [0.5, 0.6) is 11.5 Å². The third-order valence-corrected chi connectivity index (χ3v) is 3.06. The number of ketones is 2. The van der Waals surface area contributed by atoms with Crippen LogP contribution in [0.25, 0.3) is 0 Å². The Morgan fingerprint density at radius 3 is 2.52 bits per heavy atom. The Labute approximate surface area is 119 Å². The van der Waals surface area contributed by atoms with Crippen molar-refractivity contribution in [3.8, 4) is 11.5 Å². The van der Waals surface area contributed by atoms with Gasteiger partial charge < -0.3 is 9.47 Å². The summed E-state index contributed by atoms with van der Waals surface area (Å²) in [6, 6.07) is 7.10. The first kappa shape index (κ1) is 13.2. The highest BCUT2D eigenvalue weighted by molar-refractivity contribution is 6.13. The van der Waals surface area contributed by atoms with E-state index in [4.69, 9.17) is 9.47 Å². The number of rotatable bonds is 4. The number of hydrogen-bond donors (Lipinski definition) is 0. The molecule has 1 aromatic heterocycles. The van der Waals surface area contributed by atoms with Gasteiger partial charge in [0.2, 0.25) is 12.7 Å². The molecule has 0 saturated carbocycles. The summed E-state index contributed by atoms with van der Waals surface area (Å²) in [6.07, 6.45) is 0.844. The number of pyridine rings is 1. The molecule has 106 valence electrons. The third-order valence-electron chi connectivity index (χ3n) is 3.06. The van der Waals surface area contributed by atoms with Gasteiger partial charge in [-0.1, -0.05) is 0 Å². The first-order valence-electron chi connectivity index (χ1n) is 6.21. The molecule has 6 heteroatoms. The van der Waals surface area contributed by atoms with E-state index in [1.54, 1.807) is 12.1 Å². The van der Waals surface area contributed by atoms with Gasteiger partial charge in [0.05, 0.1) is 6.42 Å². The number of carbonyl (C=O) groups excluding carboxylic acids is 2. The largest absolute Gasteiger partial charge is 0.454 e. The molecule has 0 spiro atoms. The molecule has 1 aliphatic rings. The molecule has 0 atom stereocenters. The molecule has 5 nitrogen and oxygen atoms in total. The quantitative estimate of drug-likeness (QED) is 0.491. The van der Waals surface area contributed by atoms with Crippen molar-refractivity contribution in [3.63, 3.8) is 0 Å². The number of hydrogen-bond acceptors (Lipinski definition) is 5. The molecule has 1 aromatic carbocycles. The molecule has 0 fully saturated rings. The summed E-state index contributed by atoms with van der Waals surface area (Å²) in [6.45, 7) is 0.113. The van der Waals surface area contributed by atoms with Crippen molar-refractivity contribution in [2.75, 3.05) is 6.79 Å². The minimum absolute atomic E-state index is 0.113. The van der Waals surface area contributed by atoms with Crippen molar-refractivity contribution in [1.82, 2.24) is 4.98 Å². The van der Waals surface area contributed by atoms with E-state index in [9.17, 15) is 14.0 Å². The maximum atomic E-state index is 13.0. The molecule has 0 radical (unpaired) electrons. The van der Waals surface area contributed by atoms with Crippen molar-refractivity contribution in [3.05, 3.63) is 53.6 Å². The molecular weight excluding hydrogens is 277 g/mol. The Balaban J connectivity index is 1.76. The molecule has 0 saturated heterocycles. The molecule has 1 aliphatic heterocycles. The predicted molar refractivity (Wildman–Crippen MR) is 70.0 cm³/mol. The highest BCUT2D eigenvalue weighted by Crippen LogP contribution is 2.32. The average molecular weight is 287 g/mol. The molecule has 0 aliphatic carbocycles. The Bertz CT molecular complexity index is 729. The number of carbonyl (C=O) groups is 2. The van der Waals surface area contributed by atoms with Crippen LogP contribution in [0.1, 0.15) is 27.1 Å². The second-order valence-electron chi connectivity index (χ2n) is 4.46. The maximum absolute atomic E-state index is 13.0.